The average Bonchev–Trinajstić information content (AvgIpc) is 3.04. The van der Waals surface area contributed by atoms with Gasteiger partial charge in [-0.25, -0.2) is 0 Å². The van der Waals surface area contributed by atoms with E-state index in [1.807, 2.05) is 12.1 Å². The molecule has 3 atom stereocenters. The molecule has 0 bridgehead atoms. The topological polar surface area (TPSA) is 24.1 Å². The van der Waals surface area contributed by atoms with Gasteiger partial charge in [-0.3, -0.25) is 0 Å². The van der Waals surface area contributed by atoms with Gasteiger partial charge in [-0.05, 0) is 42.6 Å². The summed E-state index contributed by atoms with van der Waals surface area (Å²) in [6, 6.07) is 19.5. The van der Waals surface area contributed by atoms with Crippen LogP contribution in [0.3, 0.4) is 0 Å². The number of benzene rings is 2. The molecule has 0 aromatic heterocycles. The van der Waals surface area contributed by atoms with E-state index in [1.165, 1.54) is 11.1 Å². The fourth-order valence-electron chi connectivity index (χ4n) is 3.53. The fraction of sp³-hybridized carbons (Fsp3) is 0.368. The molecule has 116 valence electrons. The van der Waals surface area contributed by atoms with Crippen LogP contribution >= 0.6 is 11.6 Å². The van der Waals surface area contributed by atoms with Crippen molar-refractivity contribution in [3.05, 3.63) is 70.7 Å². The van der Waals surface area contributed by atoms with Crippen molar-refractivity contribution in [1.82, 2.24) is 10.6 Å². The minimum atomic E-state index is 0.470. The van der Waals surface area contributed by atoms with Gasteiger partial charge >= 0.3 is 0 Å². The molecule has 0 saturated carbocycles. The molecule has 2 nitrogen and oxygen atoms in total. The molecule has 1 aliphatic rings. The molecule has 3 rings (SSSR count). The van der Waals surface area contributed by atoms with Crippen molar-refractivity contribution in [2.75, 3.05) is 20.1 Å². The summed E-state index contributed by atoms with van der Waals surface area (Å²) >= 11 is 6.02. The summed E-state index contributed by atoms with van der Waals surface area (Å²) < 4.78 is 0. The molecule has 0 radical (unpaired) electrons. The molecule has 1 heterocycles. The van der Waals surface area contributed by atoms with E-state index in [2.05, 4.69) is 60.1 Å². The largest absolute Gasteiger partial charge is 0.316 e. The zero-order valence-electron chi connectivity index (χ0n) is 12.9. The molecule has 0 amide bonds. The molecule has 1 aliphatic heterocycles. The third kappa shape index (κ3) is 3.52. The second kappa shape index (κ2) is 7.28. The Labute approximate surface area is 137 Å². The lowest BCUT2D eigenvalue weighted by Gasteiger charge is -2.28. The van der Waals surface area contributed by atoms with Crippen molar-refractivity contribution in [2.45, 2.75) is 18.4 Å². The summed E-state index contributed by atoms with van der Waals surface area (Å²) in [5.41, 5.74) is 2.77. The highest BCUT2D eigenvalue weighted by atomic mass is 35.5. The van der Waals surface area contributed by atoms with Crippen LogP contribution in [0.1, 0.15) is 17.0 Å². The molecule has 0 aliphatic carbocycles. The van der Waals surface area contributed by atoms with Crippen molar-refractivity contribution < 1.29 is 0 Å². The maximum atomic E-state index is 6.02. The summed E-state index contributed by atoms with van der Waals surface area (Å²) in [4.78, 5) is 0. The third-order valence-electron chi connectivity index (χ3n) is 4.75. The van der Waals surface area contributed by atoms with Gasteiger partial charge in [-0.1, -0.05) is 54.1 Å². The minimum absolute atomic E-state index is 0.470. The normalized spacial score (nSPS) is 22.6. The lowest BCUT2D eigenvalue weighted by Crippen LogP contribution is -2.39. The Morgan fingerprint density at radius 2 is 1.82 bits per heavy atom. The molecule has 1 saturated heterocycles. The first-order valence-electron chi connectivity index (χ1n) is 7.95. The number of hydrogen-bond acceptors (Lipinski definition) is 2. The molecular weight excluding hydrogens is 292 g/mol. The van der Waals surface area contributed by atoms with E-state index in [4.69, 9.17) is 11.6 Å². The van der Waals surface area contributed by atoms with E-state index < -0.39 is 0 Å². The molecule has 0 spiro atoms. The summed E-state index contributed by atoms with van der Waals surface area (Å²) in [5, 5.41) is 7.91. The third-order valence-corrected chi connectivity index (χ3v) is 5.00. The monoisotopic (exact) mass is 314 g/mol. The Morgan fingerprint density at radius 3 is 2.50 bits per heavy atom. The van der Waals surface area contributed by atoms with Crippen LogP contribution in [0.25, 0.3) is 0 Å². The van der Waals surface area contributed by atoms with E-state index in [-0.39, 0.29) is 0 Å². The van der Waals surface area contributed by atoms with E-state index >= 15 is 0 Å². The summed E-state index contributed by atoms with van der Waals surface area (Å²) in [6.07, 6.45) is 1.06. The number of likely N-dealkylation sites (N-methyl/N-ethyl adjacent to an activating group) is 1. The predicted molar refractivity (Wildman–Crippen MR) is 93.5 cm³/mol. The maximum Gasteiger partial charge on any atom is 0.0406 e. The number of halogens is 1. The van der Waals surface area contributed by atoms with E-state index in [9.17, 15) is 0 Å². The Kier molecular flexibility index (Phi) is 5.14. The molecule has 2 aromatic rings. The second-order valence-corrected chi connectivity index (χ2v) is 6.50. The van der Waals surface area contributed by atoms with Gasteiger partial charge in [0.05, 0.1) is 0 Å². The van der Waals surface area contributed by atoms with Crippen molar-refractivity contribution in [3.63, 3.8) is 0 Å². The van der Waals surface area contributed by atoms with Gasteiger partial charge in [-0.15, -0.1) is 0 Å². The molecule has 1 fully saturated rings. The van der Waals surface area contributed by atoms with Crippen molar-refractivity contribution in [3.8, 4) is 0 Å². The van der Waals surface area contributed by atoms with Crippen LogP contribution in [0.15, 0.2) is 54.6 Å². The summed E-state index contributed by atoms with van der Waals surface area (Å²) in [5.74, 6) is 1.13. The minimum Gasteiger partial charge on any atom is -0.316 e. The van der Waals surface area contributed by atoms with E-state index in [1.54, 1.807) is 0 Å². The van der Waals surface area contributed by atoms with Gasteiger partial charge < -0.3 is 10.6 Å². The Bertz CT molecular complexity index is 582. The SMILES string of the molecule is CNC(Cc1ccccc1)C1CNCC1c1ccc(Cl)cc1. The van der Waals surface area contributed by atoms with Gasteiger partial charge in [0.25, 0.3) is 0 Å². The highest BCUT2D eigenvalue weighted by molar-refractivity contribution is 6.30. The van der Waals surface area contributed by atoms with Gasteiger partial charge in [0.2, 0.25) is 0 Å². The fourth-order valence-corrected chi connectivity index (χ4v) is 3.66. The van der Waals surface area contributed by atoms with Gasteiger partial charge in [-0.2, -0.15) is 0 Å². The zero-order chi connectivity index (χ0) is 15.4. The van der Waals surface area contributed by atoms with Crippen LogP contribution in [0.4, 0.5) is 0 Å². The number of rotatable bonds is 5. The molecule has 2 aromatic carbocycles. The van der Waals surface area contributed by atoms with Crippen molar-refractivity contribution in [2.24, 2.45) is 5.92 Å². The van der Waals surface area contributed by atoms with Crippen molar-refractivity contribution >= 4 is 11.6 Å². The average molecular weight is 315 g/mol. The number of nitrogens with one attached hydrogen (secondary N) is 2. The van der Waals surface area contributed by atoms with Crippen LogP contribution in [0, 0.1) is 5.92 Å². The van der Waals surface area contributed by atoms with Gasteiger partial charge in [0.1, 0.15) is 0 Å². The molecule has 2 N–H and O–H groups in total. The summed E-state index contributed by atoms with van der Waals surface area (Å²) in [7, 11) is 2.07. The van der Waals surface area contributed by atoms with Crippen LogP contribution in [-0.2, 0) is 6.42 Å². The summed E-state index contributed by atoms with van der Waals surface area (Å²) in [6.45, 7) is 2.10. The first kappa shape index (κ1) is 15.5. The smallest absolute Gasteiger partial charge is 0.0406 e. The van der Waals surface area contributed by atoms with Crippen LogP contribution in [0.2, 0.25) is 5.02 Å². The lowest BCUT2D eigenvalue weighted by molar-refractivity contribution is 0.365. The molecular formula is C19H23ClN2. The second-order valence-electron chi connectivity index (χ2n) is 6.07. The van der Waals surface area contributed by atoms with E-state index in [0.717, 1.165) is 24.5 Å². The Balaban J connectivity index is 1.77. The highest BCUT2D eigenvalue weighted by Gasteiger charge is 2.33. The first-order chi connectivity index (χ1) is 10.8. The van der Waals surface area contributed by atoms with Gasteiger partial charge in [0.15, 0.2) is 0 Å². The predicted octanol–water partition coefficient (Wildman–Crippen LogP) is 3.47. The van der Waals surface area contributed by atoms with Crippen molar-refractivity contribution in [1.29, 1.82) is 0 Å². The highest BCUT2D eigenvalue weighted by Crippen LogP contribution is 2.32. The Hall–Kier alpha value is -1.35. The van der Waals surface area contributed by atoms with Crippen LogP contribution in [0.5, 0.6) is 0 Å². The Morgan fingerprint density at radius 1 is 1.09 bits per heavy atom. The molecule has 3 heteroatoms. The first-order valence-corrected chi connectivity index (χ1v) is 8.33. The van der Waals surface area contributed by atoms with Gasteiger partial charge in [0, 0.05) is 30.1 Å². The van der Waals surface area contributed by atoms with Crippen LogP contribution < -0.4 is 10.6 Å². The number of hydrogen-bond donors (Lipinski definition) is 2. The lowest BCUT2D eigenvalue weighted by atomic mass is 9.82. The molecule has 3 unspecified atom stereocenters. The standard InChI is InChI=1S/C19H23ClN2/c1-21-19(11-14-5-3-2-4-6-14)18-13-22-12-17(18)15-7-9-16(20)10-8-15/h2-10,17-19,21-22H,11-13H2,1H3. The maximum absolute atomic E-state index is 6.02. The van der Waals surface area contributed by atoms with E-state index in [0.29, 0.717) is 17.9 Å². The molecule has 22 heavy (non-hydrogen) atoms. The van der Waals surface area contributed by atoms with Crippen LogP contribution in [-0.4, -0.2) is 26.2 Å². The zero-order valence-corrected chi connectivity index (χ0v) is 13.7. The quantitative estimate of drug-likeness (QED) is 0.883.